The Bertz CT molecular complexity index is 522. The number of nitrogens with zero attached hydrogens (tertiary/aromatic N) is 2. The molecule has 1 unspecified atom stereocenters. The summed E-state index contributed by atoms with van der Waals surface area (Å²) < 4.78 is 2.95. The number of benzene rings is 1. The molecule has 0 fully saturated rings. The highest BCUT2D eigenvalue weighted by molar-refractivity contribution is 9.10. The zero-order chi connectivity index (χ0) is 12.4. The highest BCUT2D eigenvalue weighted by Gasteiger charge is 2.14. The van der Waals surface area contributed by atoms with Crippen molar-refractivity contribution in [2.24, 2.45) is 7.05 Å². The normalized spacial score (nSPS) is 12.7. The second kappa shape index (κ2) is 5.02. The SMILES string of the molecule is Cc1c(Br)cccc1C(O)Cc1nccn1C. The number of aromatic nitrogens is 2. The Morgan fingerprint density at radius 3 is 2.88 bits per heavy atom. The van der Waals surface area contributed by atoms with E-state index in [1.165, 1.54) is 0 Å². The zero-order valence-electron chi connectivity index (χ0n) is 9.89. The molecule has 17 heavy (non-hydrogen) atoms. The summed E-state index contributed by atoms with van der Waals surface area (Å²) >= 11 is 3.47. The standard InChI is InChI=1S/C13H15BrN2O/c1-9-10(4-3-5-11(9)14)12(17)8-13-15-6-7-16(13)2/h3-7,12,17H,8H2,1-2H3. The smallest absolute Gasteiger partial charge is 0.111 e. The molecular weight excluding hydrogens is 280 g/mol. The maximum absolute atomic E-state index is 10.2. The van der Waals surface area contributed by atoms with E-state index < -0.39 is 6.10 Å². The summed E-state index contributed by atoms with van der Waals surface area (Å²) in [6.07, 6.45) is 3.64. The van der Waals surface area contributed by atoms with Gasteiger partial charge in [0, 0.05) is 30.3 Å². The van der Waals surface area contributed by atoms with Gasteiger partial charge in [-0.15, -0.1) is 0 Å². The van der Waals surface area contributed by atoms with Gasteiger partial charge in [0.05, 0.1) is 6.10 Å². The number of hydrogen-bond acceptors (Lipinski definition) is 2. The molecule has 0 spiro atoms. The predicted octanol–water partition coefficient (Wildman–Crippen LogP) is 2.77. The number of rotatable bonds is 3. The van der Waals surface area contributed by atoms with E-state index in [1.807, 2.05) is 42.9 Å². The lowest BCUT2D eigenvalue weighted by molar-refractivity contribution is 0.174. The van der Waals surface area contributed by atoms with Gasteiger partial charge < -0.3 is 9.67 Å². The number of aryl methyl sites for hydroxylation is 1. The minimum Gasteiger partial charge on any atom is -0.388 e. The number of aliphatic hydroxyl groups is 1. The van der Waals surface area contributed by atoms with E-state index in [-0.39, 0.29) is 0 Å². The summed E-state index contributed by atoms with van der Waals surface area (Å²) in [6.45, 7) is 2.00. The minimum atomic E-state index is -0.520. The Morgan fingerprint density at radius 1 is 1.47 bits per heavy atom. The Hall–Kier alpha value is -1.13. The van der Waals surface area contributed by atoms with Gasteiger partial charge in [-0.2, -0.15) is 0 Å². The third kappa shape index (κ3) is 2.58. The number of imidazole rings is 1. The van der Waals surface area contributed by atoms with Gasteiger partial charge in [0.25, 0.3) is 0 Å². The average molecular weight is 295 g/mol. The van der Waals surface area contributed by atoms with Crippen LogP contribution in [-0.4, -0.2) is 14.7 Å². The van der Waals surface area contributed by atoms with Crippen molar-refractivity contribution in [1.82, 2.24) is 9.55 Å². The van der Waals surface area contributed by atoms with E-state index in [0.29, 0.717) is 6.42 Å². The summed E-state index contributed by atoms with van der Waals surface area (Å²) in [5.74, 6) is 0.886. The molecule has 0 aliphatic rings. The second-order valence-corrected chi connectivity index (χ2v) is 4.98. The third-order valence-corrected chi connectivity index (χ3v) is 3.82. The molecule has 0 saturated carbocycles. The quantitative estimate of drug-likeness (QED) is 0.945. The fraction of sp³-hybridized carbons (Fsp3) is 0.308. The van der Waals surface area contributed by atoms with Crippen LogP contribution in [0, 0.1) is 6.92 Å². The molecule has 1 N–H and O–H groups in total. The van der Waals surface area contributed by atoms with Crippen molar-refractivity contribution in [3.63, 3.8) is 0 Å². The molecule has 0 aliphatic heterocycles. The Kier molecular flexibility index (Phi) is 3.64. The van der Waals surface area contributed by atoms with Crippen LogP contribution in [0.4, 0.5) is 0 Å². The maximum Gasteiger partial charge on any atom is 0.111 e. The third-order valence-electron chi connectivity index (χ3n) is 2.97. The first-order valence-electron chi connectivity index (χ1n) is 5.49. The van der Waals surface area contributed by atoms with Crippen molar-refractivity contribution in [3.8, 4) is 0 Å². The molecule has 0 aliphatic carbocycles. The first-order valence-corrected chi connectivity index (χ1v) is 6.28. The van der Waals surface area contributed by atoms with Gasteiger partial charge in [0.15, 0.2) is 0 Å². The van der Waals surface area contributed by atoms with Crippen molar-refractivity contribution < 1.29 is 5.11 Å². The first kappa shape index (κ1) is 12.3. The van der Waals surface area contributed by atoms with E-state index in [4.69, 9.17) is 0 Å². The molecule has 4 heteroatoms. The summed E-state index contributed by atoms with van der Waals surface area (Å²) in [5, 5.41) is 10.2. The zero-order valence-corrected chi connectivity index (χ0v) is 11.5. The Labute approximate surface area is 109 Å². The van der Waals surface area contributed by atoms with Gasteiger partial charge in [0.1, 0.15) is 5.82 Å². The molecule has 0 bridgehead atoms. The van der Waals surface area contributed by atoms with Crippen LogP contribution in [-0.2, 0) is 13.5 Å². The molecule has 0 radical (unpaired) electrons. The average Bonchev–Trinajstić information content (AvgIpc) is 2.68. The van der Waals surface area contributed by atoms with Crippen LogP contribution in [0.25, 0.3) is 0 Å². The van der Waals surface area contributed by atoms with Crippen LogP contribution in [0.1, 0.15) is 23.1 Å². The topological polar surface area (TPSA) is 38.1 Å². The molecule has 1 aromatic carbocycles. The fourth-order valence-corrected chi connectivity index (χ4v) is 2.24. The molecule has 1 heterocycles. The predicted molar refractivity (Wildman–Crippen MR) is 70.8 cm³/mol. The number of aliphatic hydroxyl groups excluding tert-OH is 1. The molecule has 1 atom stereocenters. The van der Waals surface area contributed by atoms with Crippen molar-refractivity contribution >= 4 is 15.9 Å². The summed E-state index contributed by atoms with van der Waals surface area (Å²) in [5.41, 5.74) is 2.02. The molecule has 2 aromatic rings. The van der Waals surface area contributed by atoms with Crippen LogP contribution < -0.4 is 0 Å². The van der Waals surface area contributed by atoms with Crippen LogP contribution in [0.5, 0.6) is 0 Å². The maximum atomic E-state index is 10.2. The largest absolute Gasteiger partial charge is 0.388 e. The monoisotopic (exact) mass is 294 g/mol. The first-order chi connectivity index (χ1) is 8.09. The van der Waals surface area contributed by atoms with Gasteiger partial charge in [-0.3, -0.25) is 0 Å². The Balaban J connectivity index is 2.23. The molecular formula is C13H15BrN2O. The molecule has 2 rings (SSSR count). The van der Waals surface area contributed by atoms with Crippen LogP contribution >= 0.6 is 15.9 Å². The van der Waals surface area contributed by atoms with E-state index in [0.717, 1.165) is 21.4 Å². The van der Waals surface area contributed by atoms with Gasteiger partial charge in [0.2, 0.25) is 0 Å². The molecule has 0 saturated heterocycles. The van der Waals surface area contributed by atoms with Crippen LogP contribution in [0.3, 0.4) is 0 Å². The van der Waals surface area contributed by atoms with Gasteiger partial charge in [-0.1, -0.05) is 28.1 Å². The van der Waals surface area contributed by atoms with Gasteiger partial charge in [-0.25, -0.2) is 4.98 Å². The van der Waals surface area contributed by atoms with Crippen molar-refractivity contribution in [3.05, 3.63) is 52.0 Å². The van der Waals surface area contributed by atoms with Crippen molar-refractivity contribution in [1.29, 1.82) is 0 Å². The molecule has 3 nitrogen and oxygen atoms in total. The van der Waals surface area contributed by atoms with Gasteiger partial charge in [-0.05, 0) is 24.1 Å². The molecule has 0 amide bonds. The van der Waals surface area contributed by atoms with Crippen molar-refractivity contribution in [2.45, 2.75) is 19.4 Å². The summed E-state index contributed by atoms with van der Waals surface area (Å²) in [6, 6.07) is 5.87. The summed E-state index contributed by atoms with van der Waals surface area (Å²) in [4.78, 5) is 4.22. The lowest BCUT2D eigenvalue weighted by Crippen LogP contribution is -2.08. The van der Waals surface area contributed by atoms with Crippen LogP contribution in [0.2, 0.25) is 0 Å². The fourth-order valence-electron chi connectivity index (χ4n) is 1.86. The molecule has 1 aromatic heterocycles. The number of hydrogen-bond donors (Lipinski definition) is 1. The van der Waals surface area contributed by atoms with E-state index in [2.05, 4.69) is 20.9 Å². The van der Waals surface area contributed by atoms with Gasteiger partial charge >= 0.3 is 0 Å². The van der Waals surface area contributed by atoms with Crippen LogP contribution in [0.15, 0.2) is 35.1 Å². The Morgan fingerprint density at radius 2 is 2.24 bits per heavy atom. The lowest BCUT2D eigenvalue weighted by atomic mass is 10.0. The van der Waals surface area contributed by atoms with E-state index >= 15 is 0 Å². The highest BCUT2D eigenvalue weighted by atomic mass is 79.9. The van der Waals surface area contributed by atoms with E-state index in [9.17, 15) is 5.11 Å². The lowest BCUT2D eigenvalue weighted by Gasteiger charge is -2.14. The minimum absolute atomic E-state index is 0.520. The number of halogens is 1. The highest BCUT2D eigenvalue weighted by Crippen LogP contribution is 2.26. The van der Waals surface area contributed by atoms with Crippen molar-refractivity contribution in [2.75, 3.05) is 0 Å². The van der Waals surface area contributed by atoms with E-state index in [1.54, 1.807) is 6.20 Å². The molecule has 90 valence electrons. The summed E-state index contributed by atoms with van der Waals surface area (Å²) in [7, 11) is 1.93. The second-order valence-electron chi connectivity index (χ2n) is 4.13.